The molecular formula is C15H11ClN6O3S. The zero-order valence-electron chi connectivity index (χ0n) is 13.1. The van der Waals surface area contributed by atoms with Gasteiger partial charge in [-0.25, -0.2) is 19.3 Å². The zero-order chi connectivity index (χ0) is 18.3. The van der Waals surface area contributed by atoms with E-state index in [-0.39, 0.29) is 18.9 Å². The molecule has 0 bridgehead atoms. The highest BCUT2D eigenvalue weighted by Crippen LogP contribution is 2.24. The number of halogens is 1. The number of aromatic nitrogens is 4. The fraction of sp³-hybridized carbons (Fsp3) is 0.133. The summed E-state index contributed by atoms with van der Waals surface area (Å²) in [5, 5.41) is 5.25. The second kappa shape index (κ2) is 6.39. The molecule has 132 valence electrons. The van der Waals surface area contributed by atoms with Crippen LogP contribution in [0.4, 0.5) is 15.6 Å². The van der Waals surface area contributed by atoms with Crippen LogP contribution >= 0.6 is 22.9 Å². The van der Waals surface area contributed by atoms with Gasteiger partial charge < -0.3 is 5.32 Å². The lowest BCUT2D eigenvalue weighted by molar-refractivity contribution is -0.117. The van der Waals surface area contributed by atoms with Crippen molar-refractivity contribution in [2.45, 2.75) is 13.1 Å². The lowest BCUT2D eigenvalue weighted by Gasteiger charge is -2.15. The van der Waals surface area contributed by atoms with Gasteiger partial charge in [-0.15, -0.1) is 11.3 Å². The molecule has 0 radical (unpaired) electrons. The standard InChI is InChI=1S/C15H11ClN6O3S/c16-9-1-3-10(4-2-9)20-7-11-18-14(24)21(22(11)15(20)25)8-12(23)19-13-17-5-6-26-13/h1-6H,7-8H2,(H,17,19,23). The van der Waals surface area contributed by atoms with Crippen LogP contribution in [-0.2, 0) is 17.9 Å². The molecule has 0 aliphatic carbocycles. The number of nitrogens with one attached hydrogen (secondary N) is 1. The first-order valence-electron chi connectivity index (χ1n) is 7.48. The number of rotatable bonds is 4. The third-order valence-electron chi connectivity index (χ3n) is 3.75. The van der Waals surface area contributed by atoms with Gasteiger partial charge in [-0.2, -0.15) is 9.67 Å². The highest BCUT2D eigenvalue weighted by molar-refractivity contribution is 7.13. The van der Waals surface area contributed by atoms with E-state index >= 15 is 0 Å². The smallest absolute Gasteiger partial charge is 0.300 e. The molecule has 2 amide bonds. The van der Waals surface area contributed by atoms with Crippen LogP contribution in [0.25, 0.3) is 0 Å². The van der Waals surface area contributed by atoms with E-state index in [0.717, 1.165) is 9.36 Å². The van der Waals surface area contributed by atoms with Gasteiger partial charge in [-0.3, -0.25) is 9.69 Å². The molecular weight excluding hydrogens is 380 g/mol. The average molecular weight is 391 g/mol. The van der Waals surface area contributed by atoms with Crippen LogP contribution in [0.3, 0.4) is 0 Å². The van der Waals surface area contributed by atoms with E-state index in [4.69, 9.17) is 11.6 Å². The van der Waals surface area contributed by atoms with Gasteiger partial charge in [0.2, 0.25) is 5.91 Å². The van der Waals surface area contributed by atoms with Crippen molar-refractivity contribution >= 4 is 45.7 Å². The number of nitrogens with zero attached hydrogens (tertiary/aromatic N) is 5. The van der Waals surface area contributed by atoms with E-state index in [9.17, 15) is 14.4 Å². The van der Waals surface area contributed by atoms with Crippen LogP contribution in [0.15, 0.2) is 40.6 Å². The summed E-state index contributed by atoms with van der Waals surface area (Å²) in [6.45, 7) is -0.206. The summed E-state index contributed by atoms with van der Waals surface area (Å²) < 4.78 is 2.13. The fourth-order valence-electron chi connectivity index (χ4n) is 2.62. The van der Waals surface area contributed by atoms with E-state index in [1.807, 2.05) is 0 Å². The first kappa shape index (κ1) is 16.5. The Labute approximate surface area is 155 Å². The molecule has 3 aromatic rings. The minimum Gasteiger partial charge on any atom is -0.300 e. The van der Waals surface area contributed by atoms with Crippen molar-refractivity contribution in [2.24, 2.45) is 0 Å². The predicted octanol–water partition coefficient (Wildman–Crippen LogP) is 1.78. The van der Waals surface area contributed by atoms with Crippen LogP contribution in [0.5, 0.6) is 0 Å². The van der Waals surface area contributed by atoms with Gasteiger partial charge in [-0.05, 0) is 24.3 Å². The molecule has 2 aromatic heterocycles. The van der Waals surface area contributed by atoms with Crippen molar-refractivity contribution in [3.8, 4) is 0 Å². The molecule has 1 aromatic carbocycles. The first-order chi connectivity index (χ1) is 12.5. The molecule has 3 heterocycles. The van der Waals surface area contributed by atoms with Crippen molar-refractivity contribution < 1.29 is 9.59 Å². The molecule has 1 aliphatic heterocycles. The molecule has 0 fully saturated rings. The maximum atomic E-state index is 12.7. The maximum absolute atomic E-state index is 12.7. The monoisotopic (exact) mass is 390 g/mol. The number of thiazole rings is 1. The third kappa shape index (κ3) is 2.89. The Morgan fingerprint density at radius 2 is 2.04 bits per heavy atom. The minimum atomic E-state index is -0.654. The molecule has 11 heteroatoms. The molecule has 9 nitrogen and oxygen atoms in total. The summed E-state index contributed by atoms with van der Waals surface area (Å²) in [6.07, 6.45) is 1.55. The van der Waals surface area contributed by atoms with Crippen molar-refractivity contribution in [3.63, 3.8) is 0 Å². The van der Waals surface area contributed by atoms with E-state index in [2.05, 4.69) is 15.3 Å². The van der Waals surface area contributed by atoms with Gasteiger partial charge in [0.15, 0.2) is 11.0 Å². The second-order valence-corrected chi connectivity index (χ2v) is 6.74. The topological polar surface area (TPSA) is 102 Å². The summed E-state index contributed by atoms with van der Waals surface area (Å²) in [5.74, 6) is -0.195. The van der Waals surface area contributed by atoms with Gasteiger partial charge in [0.1, 0.15) is 6.54 Å². The van der Waals surface area contributed by atoms with Gasteiger partial charge in [0, 0.05) is 22.3 Å². The molecule has 1 aliphatic rings. The molecule has 0 saturated heterocycles. The lowest BCUT2D eigenvalue weighted by Crippen LogP contribution is -2.36. The molecule has 0 unspecified atom stereocenters. The quantitative estimate of drug-likeness (QED) is 0.731. The number of fused-ring (bicyclic) bond motifs is 1. The van der Waals surface area contributed by atoms with E-state index in [1.165, 1.54) is 16.2 Å². The minimum absolute atomic E-state index is 0.136. The molecule has 0 spiro atoms. The molecule has 1 N–H and O–H groups in total. The third-order valence-corrected chi connectivity index (χ3v) is 4.69. The maximum Gasteiger partial charge on any atom is 0.365 e. The Kier molecular flexibility index (Phi) is 4.05. The summed E-state index contributed by atoms with van der Waals surface area (Å²) in [7, 11) is 0. The number of carbonyl (C=O) groups excluding carboxylic acids is 2. The van der Waals surface area contributed by atoms with Crippen molar-refractivity contribution in [2.75, 3.05) is 10.2 Å². The summed E-state index contributed by atoms with van der Waals surface area (Å²) in [5.41, 5.74) is -0.0328. The predicted molar refractivity (Wildman–Crippen MR) is 95.7 cm³/mol. The van der Waals surface area contributed by atoms with Crippen LogP contribution in [0, 0.1) is 0 Å². The Balaban J connectivity index is 1.59. The SMILES string of the molecule is O=C(Cn1c(=O)nc2n1C(=O)N(c1ccc(Cl)cc1)C2)Nc1nccs1. The highest BCUT2D eigenvalue weighted by atomic mass is 35.5. The Hall–Kier alpha value is -2.98. The van der Waals surface area contributed by atoms with E-state index in [1.54, 1.807) is 35.8 Å². The number of anilines is 2. The summed E-state index contributed by atoms with van der Waals surface area (Å²) in [6, 6.07) is 6.27. The number of benzene rings is 1. The van der Waals surface area contributed by atoms with Crippen LogP contribution < -0.4 is 15.9 Å². The molecule has 26 heavy (non-hydrogen) atoms. The van der Waals surface area contributed by atoms with Crippen LogP contribution in [0.1, 0.15) is 5.82 Å². The fourth-order valence-corrected chi connectivity index (χ4v) is 3.29. The lowest BCUT2D eigenvalue weighted by atomic mass is 10.3. The average Bonchev–Trinajstić information content (AvgIpc) is 3.29. The molecule has 0 atom stereocenters. The van der Waals surface area contributed by atoms with Crippen LogP contribution in [0.2, 0.25) is 5.02 Å². The molecule has 0 saturated carbocycles. The van der Waals surface area contributed by atoms with Crippen molar-refractivity contribution in [1.29, 1.82) is 0 Å². The number of hydrogen-bond donors (Lipinski definition) is 1. The second-order valence-electron chi connectivity index (χ2n) is 5.41. The van der Waals surface area contributed by atoms with Gasteiger partial charge in [0.05, 0.1) is 6.54 Å². The Morgan fingerprint density at radius 1 is 1.27 bits per heavy atom. The Morgan fingerprint density at radius 3 is 2.73 bits per heavy atom. The zero-order valence-corrected chi connectivity index (χ0v) is 14.7. The summed E-state index contributed by atoms with van der Waals surface area (Å²) in [4.78, 5) is 46.2. The number of carbonyl (C=O) groups is 2. The van der Waals surface area contributed by atoms with E-state index in [0.29, 0.717) is 15.8 Å². The Bertz CT molecular complexity index is 1040. The summed E-state index contributed by atoms with van der Waals surface area (Å²) >= 11 is 7.12. The van der Waals surface area contributed by atoms with Gasteiger partial charge in [-0.1, -0.05) is 11.6 Å². The van der Waals surface area contributed by atoms with Gasteiger partial charge >= 0.3 is 11.7 Å². The largest absolute Gasteiger partial charge is 0.365 e. The van der Waals surface area contributed by atoms with Gasteiger partial charge in [0.25, 0.3) is 0 Å². The highest BCUT2D eigenvalue weighted by Gasteiger charge is 2.33. The normalized spacial score (nSPS) is 13.1. The van der Waals surface area contributed by atoms with Crippen LogP contribution in [-0.4, -0.2) is 31.3 Å². The van der Waals surface area contributed by atoms with E-state index < -0.39 is 17.6 Å². The molecule has 4 rings (SSSR count). The number of hydrogen-bond acceptors (Lipinski definition) is 6. The first-order valence-corrected chi connectivity index (χ1v) is 8.74. The number of amides is 2. The van der Waals surface area contributed by atoms with Crippen molar-refractivity contribution in [3.05, 3.63) is 57.2 Å². The van der Waals surface area contributed by atoms with Crippen molar-refractivity contribution in [1.82, 2.24) is 19.3 Å².